The summed E-state index contributed by atoms with van der Waals surface area (Å²) in [7, 11) is 0. The first-order valence-electron chi connectivity index (χ1n) is 7.85. The van der Waals surface area contributed by atoms with Gasteiger partial charge in [0.2, 0.25) is 0 Å². The minimum atomic E-state index is -0.581. The van der Waals surface area contributed by atoms with E-state index in [9.17, 15) is 4.79 Å². The summed E-state index contributed by atoms with van der Waals surface area (Å²) in [5.41, 5.74) is 0.303. The molecule has 0 fully saturated rings. The van der Waals surface area contributed by atoms with Gasteiger partial charge in [0, 0.05) is 10.9 Å². The Bertz CT molecular complexity index is 616. The number of rotatable bonds is 5. The molecule has 0 amide bonds. The van der Waals surface area contributed by atoms with Crippen LogP contribution in [-0.2, 0) is 0 Å². The summed E-state index contributed by atoms with van der Waals surface area (Å²) in [6.45, 7) is 11.2. The number of benzene rings is 1. The van der Waals surface area contributed by atoms with Gasteiger partial charge in [0.05, 0.1) is 0 Å². The van der Waals surface area contributed by atoms with Crippen LogP contribution in [0.1, 0.15) is 27.7 Å². The molecule has 1 aromatic heterocycles. The van der Waals surface area contributed by atoms with Crippen LogP contribution in [0.4, 0.5) is 0 Å². The van der Waals surface area contributed by atoms with Crippen molar-refractivity contribution in [3.8, 4) is 16.3 Å². The lowest BCUT2D eigenvalue weighted by Gasteiger charge is -2.08. The van der Waals surface area contributed by atoms with E-state index in [2.05, 4.69) is 38.0 Å². The molecule has 4 nitrogen and oxygen atoms in total. The van der Waals surface area contributed by atoms with Crippen molar-refractivity contribution in [3.63, 3.8) is 0 Å². The Morgan fingerprint density at radius 2 is 1.65 bits per heavy atom. The molecule has 0 saturated heterocycles. The van der Waals surface area contributed by atoms with Crippen molar-refractivity contribution in [2.45, 2.75) is 27.7 Å². The fourth-order valence-electron chi connectivity index (χ4n) is 1.71. The summed E-state index contributed by atoms with van der Waals surface area (Å²) >= 11 is 1.25. The number of hydrogen-bond donors (Lipinski definition) is 2. The largest absolute Gasteiger partial charge is 0.502 e. The normalized spacial score (nSPS) is 10.5. The number of nitrogens with zero attached hydrogens (tertiary/aromatic N) is 1. The van der Waals surface area contributed by atoms with Crippen LogP contribution in [0.15, 0.2) is 40.5 Å². The molecule has 2 N–H and O–H groups in total. The molecule has 23 heavy (non-hydrogen) atoms. The van der Waals surface area contributed by atoms with Gasteiger partial charge in [0.15, 0.2) is 5.75 Å². The Balaban J connectivity index is 0.000000257. The van der Waals surface area contributed by atoms with Crippen LogP contribution in [-0.4, -0.2) is 23.2 Å². The van der Waals surface area contributed by atoms with Crippen LogP contribution in [0.3, 0.4) is 0 Å². The predicted octanol–water partition coefficient (Wildman–Crippen LogP) is 3.76. The molecular weight excluding hydrogens is 308 g/mol. The van der Waals surface area contributed by atoms with Gasteiger partial charge in [-0.25, -0.2) is 0 Å². The van der Waals surface area contributed by atoms with Gasteiger partial charge in [0.1, 0.15) is 5.01 Å². The van der Waals surface area contributed by atoms with E-state index < -0.39 is 5.56 Å². The lowest BCUT2D eigenvalue weighted by molar-refractivity contribution is 0.469. The SMILES string of the molecule is CC(C)CNCC(C)C.O=c1nc(-c2ccccc2)scc1O. The molecule has 0 radical (unpaired) electrons. The standard InChI is InChI=1S/C10H7NO2S.C8H19N/c12-8-6-14-10(11-9(8)13)7-4-2-1-3-5-7;1-7(2)5-9-6-8(3)4/h1-6,12H;7-9H,5-6H2,1-4H3. The van der Waals surface area contributed by atoms with Crippen LogP contribution in [0.25, 0.3) is 10.6 Å². The van der Waals surface area contributed by atoms with Gasteiger partial charge >= 0.3 is 5.56 Å². The summed E-state index contributed by atoms with van der Waals surface area (Å²) in [6, 6.07) is 9.39. The van der Waals surface area contributed by atoms with E-state index in [-0.39, 0.29) is 5.75 Å². The Labute approximate surface area is 142 Å². The summed E-state index contributed by atoms with van der Waals surface area (Å²) in [4.78, 5) is 14.8. The molecule has 0 aliphatic heterocycles. The van der Waals surface area contributed by atoms with Crippen LogP contribution in [0.2, 0.25) is 0 Å². The molecular formula is C18H26N2O2S. The molecule has 5 heteroatoms. The van der Waals surface area contributed by atoms with Gasteiger partial charge in [-0.1, -0.05) is 58.0 Å². The summed E-state index contributed by atoms with van der Waals surface area (Å²) in [5, 5.41) is 14.4. The third-order valence-electron chi connectivity index (χ3n) is 2.83. The highest BCUT2D eigenvalue weighted by atomic mass is 32.1. The van der Waals surface area contributed by atoms with Gasteiger partial charge < -0.3 is 10.4 Å². The van der Waals surface area contributed by atoms with E-state index in [1.807, 2.05) is 30.3 Å². The Morgan fingerprint density at radius 3 is 2.13 bits per heavy atom. The van der Waals surface area contributed by atoms with E-state index in [1.165, 1.54) is 16.7 Å². The first-order chi connectivity index (χ1) is 10.9. The van der Waals surface area contributed by atoms with Crippen molar-refractivity contribution < 1.29 is 5.11 Å². The molecule has 1 aromatic carbocycles. The van der Waals surface area contributed by atoms with Gasteiger partial charge in [-0.3, -0.25) is 4.79 Å². The highest BCUT2D eigenvalue weighted by Crippen LogP contribution is 2.20. The Kier molecular flexibility index (Phi) is 8.51. The quantitative estimate of drug-likeness (QED) is 0.874. The summed E-state index contributed by atoms with van der Waals surface area (Å²) in [5.74, 6) is 1.27. The average molecular weight is 334 g/mol. The van der Waals surface area contributed by atoms with Gasteiger partial charge in [0.25, 0.3) is 0 Å². The zero-order chi connectivity index (χ0) is 17.2. The highest BCUT2D eigenvalue weighted by Gasteiger charge is 2.02. The van der Waals surface area contributed by atoms with Gasteiger partial charge in [-0.05, 0) is 24.9 Å². The third-order valence-corrected chi connectivity index (χ3v) is 3.72. The first kappa shape index (κ1) is 19.3. The average Bonchev–Trinajstić information content (AvgIpc) is 2.51. The van der Waals surface area contributed by atoms with Crippen molar-refractivity contribution in [3.05, 3.63) is 46.1 Å². The van der Waals surface area contributed by atoms with Crippen molar-refractivity contribution in [1.82, 2.24) is 10.3 Å². The van der Waals surface area contributed by atoms with Crippen LogP contribution in [0.5, 0.6) is 5.75 Å². The number of nitrogens with one attached hydrogen (secondary N) is 1. The predicted molar refractivity (Wildman–Crippen MR) is 98.0 cm³/mol. The molecule has 1 heterocycles. The number of aromatic hydroxyl groups is 1. The molecule has 126 valence electrons. The molecule has 0 spiro atoms. The minimum Gasteiger partial charge on any atom is -0.502 e. The monoisotopic (exact) mass is 334 g/mol. The zero-order valence-electron chi connectivity index (χ0n) is 14.2. The van der Waals surface area contributed by atoms with E-state index in [4.69, 9.17) is 5.11 Å². The molecule has 0 aliphatic rings. The highest BCUT2D eigenvalue weighted by molar-refractivity contribution is 7.13. The first-order valence-corrected chi connectivity index (χ1v) is 8.73. The molecule has 2 rings (SSSR count). The lowest BCUT2D eigenvalue weighted by Crippen LogP contribution is -2.23. The Morgan fingerprint density at radius 1 is 1.09 bits per heavy atom. The van der Waals surface area contributed by atoms with Crippen molar-refractivity contribution in [1.29, 1.82) is 0 Å². The molecule has 0 unspecified atom stereocenters. The van der Waals surface area contributed by atoms with Crippen molar-refractivity contribution in [2.75, 3.05) is 13.1 Å². The van der Waals surface area contributed by atoms with E-state index in [0.717, 1.165) is 30.5 Å². The second-order valence-corrected chi connectivity index (χ2v) is 7.01. The zero-order valence-corrected chi connectivity index (χ0v) is 15.1. The molecule has 0 atom stereocenters. The second-order valence-electron chi connectivity index (χ2n) is 6.16. The van der Waals surface area contributed by atoms with Crippen LogP contribution >= 0.6 is 11.3 Å². The molecule has 0 aliphatic carbocycles. The molecule has 0 saturated carbocycles. The third kappa shape index (κ3) is 7.90. The van der Waals surface area contributed by atoms with Crippen molar-refractivity contribution in [2.24, 2.45) is 11.8 Å². The maximum absolute atomic E-state index is 11.1. The minimum absolute atomic E-state index is 0.297. The van der Waals surface area contributed by atoms with Gasteiger partial charge in [-0.15, -0.1) is 11.3 Å². The smallest absolute Gasteiger partial charge is 0.314 e. The number of aromatic nitrogens is 1. The Hall–Kier alpha value is -1.72. The van der Waals surface area contributed by atoms with Crippen LogP contribution in [0, 0.1) is 11.8 Å². The topological polar surface area (TPSA) is 62.2 Å². The summed E-state index contributed by atoms with van der Waals surface area (Å²) < 4.78 is 0. The van der Waals surface area contributed by atoms with Crippen molar-refractivity contribution >= 4 is 11.3 Å². The maximum Gasteiger partial charge on any atom is 0.314 e. The molecule has 0 bridgehead atoms. The van der Waals surface area contributed by atoms with E-state index in [1.54, 1.807) is 0 Å². The summed E-state index contributed by atoms with van der Waals surface area (Å²) in [6.07, 6.45) is 0. The fraction of sp³-hybridized carbons (Fsp3) is 0.444. The lowest BCUT2D eigenvalue weighted by atomic mass is 10.2. The molecule has 2 aromatic rings. The van der Waals surface area contributed by atoms with E-state index >= 15 is 0 Å². The second kappa shape index (κ2) is 10.1. The van der Waals surface area contributed by atoms with Crippen LogP contribution < -0.4 is 10.9 Å². The number of hydrogen-bond acceptors (Lipinski definition) is 5. The van der Waals surface area contributed by atoms with Gasteiger partial charge in [-0.2, -0.15) is 4.98 Å². The van der Waals surface area contributed by atoms with E-state index in [0.29, 0.717) is 5.01 Å². The maximum atomic E-state index is 11.1. The fourth-order valence-corrected chi connectivity index (χ4v) is 2.44.